The Hall–Kier alpha value is -0.930. The number of hydrogen-bond donors (Lipinski definition) is 0. The molecule has 1 aromatic heterocycles. The van der Waals surface area contributed by atoms with Crippen LogP contribution in [-0.4, -0.2) is 5.78 Å². The molecule has 1 atom stereocenters. The summed E-state index contributed by atoms with van der Waals surface area (Å²) in [5, 5.41) is 0. The molecular weight excluding hydrogens is 320 g/mol. The molecule has 1 nitrogen and oxygen atoms in total. The maximum atomic E-state index is 12.3. The van der Waals surface area contributed by atoms with Crippen molar-refractivity contribution in [2.75, 3.05) is 0 Å². The molecule has 3 heteroatoms. The molecule has 0 saturated carbocycles. The van der Waals surface area contributed by atoms with Crippen LogP contribution >= 0.6 is 27.3 Å². The second-order valence-corrected chi connectivity index (χ2v) is 7.48. The molecule has 0 bridgehead atoms. The largest absolute Gasteiger partial charge is 0.293 e. The Kier molecular flexibility index (Phi) is 3.85. The fraction of sp³-hybridized carbons (Fsp3) is 0.312. The first-order chi connectivity index (χ1) is 9.24. The third-order valence-corrected chi connectivity index (χ3v) is 5.44. The SMILES string of the molecule is O=C(CC1CCCc2ccccc21)c1ccc(Br)s1. The van der Waals surface area contributed by atoms with Gasteiger partial charge in [-0.2, -0.15) is 0 Å². The number of ketones is 1. The quantitative estimate of drug-likeness (QED) is 0.704. The predicted molar refractivity (Wildman–Crippen MR) is 83.1 cm³/mol. The van der Waals surface area contributed by atoms with Crippen molar-refractivity contribution in [3.05, 3.63) is 56.2 Å². The minimum absolute atomic E-state index is 0.275. The number of carbonyl (C=O) groups excluding carboxylic acids is 1. The molecule has 0 fully saturated rings. The average Bonchev–Trinajstić information content (AvgIpc) is 2.86. The number of thiophene rings is 1. The van der Waals surface area contributed by atoms with Gasteiger partial charge >= 0.3 is 0 Å². The van der Waals surface area contributed by atoms with E-state index in [4.69, 9.17) is 0 Å². The number of fused-ring (bicyclic) bond motifs is 1. The van der Waals surface area contributed by atoms with Gasteiger partial charge in [-0.15, -0.1) is 11.3 Å². The van der Waals surface area contributed by atoms with E-state index in [1.54, 1.807) is 0 Å². The van der Waals surface area contributed by atoms with Gasteiger partial charge in [0, 0.05) is 6.42 Å². The summed E-state index contributed by atoms with van der Waals surface area (Å²) in [4.78, 5) is 13.2. The Morgan fingerprint density at radius 1 is 1.26 bits per heavy atom. The van der Waals surface area contributed by atoms with Gasteiger partial charge in [0.15, 0.2) is 5.78 Å². The summed E-state index contributed by atoms with van der Waals surface area (Å²) < 4.78 is 1.03. The monoisotopic (exact) mass is 334 g/mol. The van der Waals surface area contributed by atoms with E-state index in [-0.39, 0.29) is 5.78 Å². The number of carbonyl (C=O) groups is 1. The third-order valence-electron chi connectivity index (χ3n) is 3.77. The van der Waals surface area contributed by atoms with Crippen molar-refractivity contribution in [3.8, 4) is 0 Å². The van der Waals surface area contributed by atoms with E-state index in [2.05, 4.69) is 40.2 Å². The maximum Gasteiger partial charge on any atom is 0.173 e. The second kappa shape index (κ2) is 5.59. The average molecular weight is 335 g/mol. The van der Waals surface area contributed by atoms with E-state index in [1.165, 1.54) is 28.9 Å². The lowest BCUT2D eigenvalue weighted by Crippen LogP contribution is -2.13. The fourth-order valence-electron chi connectivity index (χ4n) is 2.86. The van der Waals surface area contributed by atoms with E-state index in [0.29, 0.717) is 12.3 Å². The molecule has 2 aromatic rings. The van der Waals surface area contributed by atoms with Crippen LogP contribution in [0.2, 0.25) is 0 Å². The summed E-state index contributed by atoms with van der Waals surface area (Å²) in [7, 11) is 0. The summed E-state index contributed by atoms with van der Waals surface area (Å²) in [6, 6.07) is 12.5. The maximum absolute atomic E-state index is 12.3. The predicted octanol–water partition coefficient (Wildman–Crippen LogP) is 5.20. The molecule has 0 radical (unpaired) electrons. The number of rotatable bonds is 3. The summed E-state index contributed by atoms with van der Waals surface area (Å²) in [6.07, 6.45) is 4.13. The molecule has 0 spiro atoms. The Bertz CT molecular complexity index is 602. The first-order valence-electron chi connectivity index (χ1n) is 6.60. The van der Waals surface area contributed by atoms with E-state index in [1.807, 2.05) is 12.1 Å². The van der Waals surface area contributed by atoms with Crippen LogP contribution in [0.5, 0.6) is 0 Å². The lowest BCUT2D eigenvalue weighted by molar-refractivity contribution is 0.0975. The second-order valence-electron chi connectivity index (χ2n) is 5.02. The van der Waals surface area contributed by atoms with Crippen molar-refractivity contribution in [2.24, 2.45) is 0 Å². The molecule has 1 unspecified atom stereocenters. The van der Waals surface area contributed by atoms with Crippen LogP contribution in [0.4, 0.5) is 0 Å². The molecule has 1 aliphatic carbocycles. The summed E-state index contributed by atoms with van der Waals surface area (Å²) >= 11 is 4.95. The number of Topliss-reactive ketones (excluding diaryl/α,β-unsaturated/α-hetero) is 1. The highest BCUT2D eigenvalue weighted by atomic mass is 79.9. The van der Waals surface area contributed by atoms with E-state index in [9.17, 15) is 4.79 Å². The Morgan fingerprint density at radius 2 is 2.11 bits per heavy atom. The first-order valence-corrected chi connectivity index (χ1v) is 8.21. The molecular formula is C16H15BrOS. The highest BCUT2D eigenvalue weighted by Crippen LogP contribution is 2.35. The molecule has 19 heavy (non-hydrogen) atoms. The lowest BCUT2D eigenvalue weighted by Gasteiger charge is -2.24. The fourth-order valence-corrected chi connectivity index (χ4v) is 4.19. The van der Waals surface area contributed by atoms with E-state index < -0.39 is 0 Å². The zero-order valence-electron chi connectivity index (χ0n) is 10.6. The van der Waals surface area contributed by atoms with Crippen molar-refractivity contribution in [3.63, 3.8) is 0 Å². The van der Waals surface area contributed by atoms with Crippen LogP contribution < -0.4 is 0 Å². The molecule has 0 amide bonds. The van der Waals surface area contributed by atoms with Gasteiger partial charge in [0.25, 0.3) is 0 Å². The van der Waals surface area contributed by atoms with Crippen molar-refractivity contribution in [1.29, 1.82) is 0 Å². The van der Waals surface area contributed by atoms with Crippen molar-refractivity contribution in [2.45, 2.75) is 31.6 Å². The van der Waals surface area contributed by atoms with Gasteiger partial charge in [0.05, 0.1) is 8.66 Å². The molecule has 1 aromatic carbocycles. The van der Waals surface area contributed by atoms with Crippen LogP contribution in [0, 0.1) is 0 Å². The van der Waals surface area contributed by atoms with Gasteiger partial charge in [-0.25, -0.2) is 0 Å². The molecule has 0 N–H and O–H groups in total. The Labute approximate surface area is 125 Å². The van der Waals surface area contributed by atoms with Gasteiger partial charge in [0.2, 0.25) is 0 Å². The van der Waals surface area contributed by atoms with Crippen molar-refractivity contribution < 1.29 is 4.79 Å². The highest BCUT2D eigenvalue weighted by Gasteiger charge is 2.23. The van der Waals surface area contributed by atoms with Gasteiger partial charge in [-0.1, -0.05) is 24.3 Å². The lowest BCUT2D eigenvalue weighted by atomic mass is 9.80. The number of hydrogen-bond acceptors (Lipinski definition) is 2. The van der Waals surface area contributed by atoms with E-state index in [0.717, 1.165) is 21.5 Å². The topological polar surface area (TPSA) is 17.1 Å². The smallest absolute Gasteiger partial charge is 0.173 e. The molecule has 0 aliphatic heterocycles. The summed E-state index contributed by atoms with van der Waals surface area (Å²) in [5.74, 6) is 0.677. The number of aryl methyl sites for hydroxylation is 1. The molecule has 1 heterocycles. The highest BCUT2D eigenvalue weighted by molar-refractivity contribution is 9.11. The van der Waals surface area contributed by atoms with Crippen LogP contribution in [0.1, 0.15) is 46.0 Å². The third kappa shape index (κ3) is 2.82. The molecule has 0 saturated heterocycles. The van der Waals surface area contributed by atoms with Crippen molar-refractivity contribution in [1.82, 2.24) is 0 Å². The van der Waals surface area contributed by atoms with Crippen molar-refractivity contribution >= 4 is 33.0 Å². The van der Waals surface area contributed by atoms with Gasteiger partial charge < -0.3 is 0 Å². The van der Waals surface area contributed by atoms with Gasteiger partial charge in [-0.05, 0) is 64.4 Å². The molecule has 1 aliphatic rings. The zero-order valence-corrected chi connectivity index (χ0v) is 13.0. The van der Waals surface area contributed by atoms with Crippen LogP contribution in [0.15, 0.2) is 40.2 Å². The minimum Gasteiger partial charge on any atom is -0.293 e. The molecule has 98 valence electrons. The number of benzene rings is 1. The first kappa shape index (κ1) is 13.1. The normalized spacial score (nSPS) is 18.1. The van der Waals surface area contributed by atoms with E-state index >= 15 is 0 Å². The number of halogens is 1. The Morgan fingerprint density at radius 3 is 2.89 bits per heavy atom. The van der Waals surface area contributed by atoms with Gasteiger partial charge in [0.1, 0.15) is 0 Å². The summed E-state index contributed by atoms with van der Waals surface area (Å²) in [6.45, 7) is 0. The minimum atomic E-state index is 0.275. The summed E-state index contributed by atoms with van der Waals surface area (Å²) in [5.41, 5.74) is 2.82. The van der Waals surface area contributed by atoms with Crippen LogP contribution in [-0.2, 0) is 6.42 Å². The Balaban J connectivity index is 1.79. The van der Waals surface area contributed by atoms with Crippen LogP contribution in [0.3, 0.4) is 0 Å². The molecule has 3 rings (SSSR count). The van der Waals surface area contributed by atoms with Gasteiger partial charge in [-0.3, -0.25) is 4.79 Å². The zero-order chi connectivity index (χ0) is 13.2. The van der Waals surface area contributed by atoms with Crippen LogP contribution in [0.25, 0.3) is 0 Å². The standard InChI is InChI=1S/C16H15BrOS/c17-16-9-8-15(19-16)14(18)10-12-6-3-5-11-4-1-2-7-13(11)12/h1-2,4,7-9,12H,3,5-6,10H2.